The molecule has 3 heterocycles. The second-order valence-electron chi connectivity index (χ2n) is 10.2. The van der Waals surface area contributed by atoms with Crippen LogP contribution in [0.3, 0.4) is 0 Å². The molecule has 0 bridgehead atoms. The van der Waals surface area contributed by atoms with Gasteiger partial charge in [0.05, 0.1) is 5.56 Å². The molecule has 2 aliphatic rings. The molecule has 4 rings (SSSR count). The molecule has 1 fully saturated rings. The molecular formula is C28H38F2N4O. The zero-order valence-electron chi connectivity index (χ0n) is 21.7. The minimum Gasteiger partial charge on any atom is -0.359 e. The van der Waals surface area contributed by atoms with Gasteiger partial charge in [0.25, 0.3) is 5.56 Å². The lowest BCUT2D eigenvalue weighted by Gasteiger charge is -2.45. The Balaban J connectivity index is 1.75. The molecular weight excluding hydrogens is 446 g/mol. The molecule has 0 saturated carbocycles. The average Bonchev–Trinajstić information content (AvgIpc) is 2.83. The number of nitrogens with one attached hydrogen (secondary N) is 1. The van der Waals surface area contributed by atoms with Crippen molar-refractivity contribution < 1.29 is 8.78 Å². The van der Waals surface area contributed by atoms with Gasteiger partial charge in [-0.15, -0.1) is 0 Å². The van der Waals surface area contributed by atoms with Crippen molar-refractivity contribution in [3.05, 3.63) is 62.0 Å². The number of aromatic amines is 1. The summed E-state index contributed by atoms with van der Waals surface area (Å²) in [6, 6.07) is 2.55. The Hall–Kier alpha value is -2.70. The van der Waals surface area contributed by atoms with E-state index in [1.54, 1.807) is 0 Å². The number of hydrogen-bond donors (Lipinski definition) is 1. The van der Waals surface area contributed by atoms with E-state index in [9.17, 15) is 9.18 Å². The molecule has 190 valence electrons. The standard InChI is InChI=1S/C28H38F2N4O/c1-6-9-20-16-21(29)17-23(30)24(20)28(19(4)18(3)7-2)11-14-34(15-12-28)27-31-25-22(26(35)32-27)10-8-13-33(25)5/h16-17H,6-15H2,1-5H3,(H,31,32,35)/b19-18-. The zero-order chi connectivity index (χ0) is 25.3. The molecule has 1 N–H and O–H groups in total. The highest BCUT2D eigenvalue weighted by molar-refractivity contribution is 5.52. The average molecular weight is 485 g/mol. The minimum atomic E-state index is -0.518. The van der Waals surface area contributed by atoms with E-state index in [1.165, 1.54) is 17.2 Å². The third-order valence-corrected chi connectivity index (χ3v) is 8.20. The summed E-state index contributed by atoms with van der Waals surface area (Å²) in [5.41, 5.74) is 4.01. The predicted octanol–water partition coefficient (Wildman–Crippen LogP) is 5.67. The molecule has 0 atom stereocenters. The van der Waals surface area contributed by atoms with Gasteiger partial charge in [0.2, 0.25) is 5.95 Å². The number of nitrogens with zero attached hydrogens (tertiary/aromatic N) is 3. The first kappa shape index (κ1) is 25.4. The molecule has 0 aliphatic carbocycles. The molecule has 35 heavy (non-hydrogen) atoms. The van der Waals surface area contributed by atoms with E-state index in [2.05, 4.69) is 30.7 Å². The van der Waals surface area contributed by atoms with Crippen molar-refractivity contribution >= 4 is 11.8 Å². The molecule has 1 saturated heterocycles. The number of piperidine rings is 1. The summed E-state index contributed by atoms with van der Waals surface area (Å²) >= 11 is 0. The normalized spacial score (nSPS) is 18.4. The van der Waals surface area contributed by atoms with Crippen LogP contribution in [0.4, 0.5) is 20.5 Å². The Bertz CT molecular complexity index is 1180. The lowest BCUT2D eigenvalue weighted by molar-refractivity contribution is 0.360. The Morgan fingerprint density at radius 3 is 2.51 bits per heavy atom. The van der Waals surface area contributed by atoms with Crippen LogP contribution in [0.25, 0.3) is 0 Å². The van der Waals surface area contributed by atoms with Gasteiger partial charge in [0, 0.05) is 43.7 Å². The maximum absolute atomic E-state index is 15.6. The third kappa shape index (κ3) is 4.62. The Morgan fingerprint density at radius 1 is 1.14 bits per heavy atom. The van der Waals surface area contributed by atoms with Crippen molar-refractivity contribution in [2.24, 2.45) is 0 Å². The number of H-pyrrole nitrogens is 1. The van der Waals surface area contributed by atoms with Crippen LogP contribution in [0.2, 0.25) is 0 Å². The fourth-order valence-electron chi connectivity index (χ4n) is 5.98. The van der Waals surface area contributed by atoms with Gasteiger partial charge < -0.3 is 9.80 Å². The number of anilines is 2. The van der Waals surface area contributed by atoms with Crippen LogP contribution >= 0.6 is 0 Å². The van der Waals surface area contributed by atoms with Crippen molar-refractivity contribution in [3.8, 4) is 0 Å². The summed E-state index contributed by atoms with van der Waals surface area (Å²) in [4.78, 5) is 24.8. The summed E-state index contributed by atoms with van der Waals surface area (Å²) in [6.07, 6.45) is 5.38. The van der Waals surface area contributed by atoms with Crippen molar-refractivity contribution in [2.45, 2.75) is 78.1 Å². The summed E-state index contributed by atoms with van der Waals surface area (Å²) in [6.45, 7) is 10.5. The molecule has 0 radical (unpaired) electrons. The number of fused-ring (bicyclic) bond motifs is 1. The fraction of sp³-hybridized carbons (Fsp3) is 0.571. The summed E-state index contributed by atoms with van der Waals surface area (Å²) < 4.78 is 29.8. The smallest absolute Gasteiger partial charge is 0.257 e. The first-order valence-corrected chi connectivity index (χ1v) is 13.0. The van der Waals surface area contributed by atoms with Gasteiger partial charge in [-0.3, -0.25) is 9.78 Å². The van der Waals surface area contributed by atoms with Gasteiger partial charge in [0.15, 0.2) is 0 Å². The van der Waals surface area contributed by atoms with E-state index < -0.39 is 17.0 Å². The maximum Gasteiger partial charge on any atom is 0.257 e. The molecule has 1 aromatic heterocycles. The van der Waals surface area contributed by atoms with Crippen molar-refractivity contribution in [1.29, 1.82) is 0 Å². The molecule has 2 aromatic rings. The molecule has 7 heteroatoms. The van der Waals surface area contributed by atoms with E-state index >= 15 is 4.39 Å². The number of rotatable bonds is 6. The van der Waals surface area contributed by atoms with Crippen LogP contribution < -0.4 is 15.4 Å². The van der Waals surface area contributed by atoms with Gasteiger partial charge in [0.1, 0.15) is 17.5 Å². The molecule has 0 spiro atoms. The Kier molecular flexibility index (Phi) is 7.34. The van der Waals surface area contributed by atoms with E-state index in [0.29, 0.717) is 43.9 Å². The number of allylic oxidation sites excluding steroid dienone is 2. The molecule has 0 amide bonds. The van der Waals surface area contributed by atoms with Crippen molar-refractivity contribution in [3.63, 3.8) is 0 Å². The molecule has 5 nitrogen and oxygen atoms in total. The Morgan fingerprint density at radius 2 is 1.86 bits per heavy atom. The van der Waals surface area contributed by atoms with Crippen LogP contribution in [-0.2, 0) is 18.3 Å². The van der Waals surface area contributed by atoms with Crippen LogP contribution in [0, 0.1) is 11.6 Å². The van der Waals surface area contributed by atoms with Crippen LogP contribution in [0.15, 0.2) is 28.1 Å². The fourth-order valence-corrected chi connectivity index (χ4v) is 5.98. The second-order valence-corrected chi connectivity index (χ2v) is 10.2. The lowest BCUT2D eigenvalue weighted by atomic mass is 9.65. The number of benzene rings is 1. The monoisotopic (exact) mass is 484 g/mol. The molecule has 1 aromatic carbocycles. The van der Waals surface area contributed by atoms with Crippen LogP contribution in [0.5, 0.6) is 0 Å². The number of hydrogen-bond acceptors (Lipinski definition) is 4. The zero-order valence-corrected chi connectivity index (χ0v) is 21.7. The third-order valence-electron chi connectivity index (χ3n) is 8.20. The predicted molar refractivity (Wildman–Crippen MR) is 139 cm³/mol. The first-order chi connectivity index (χ1) is 16.7. The number of aryl methyl sites for hydroxylation is 1. The highest BCUT2D eigenvalue weighted by Crippen LogP contribution is 2.46. The summed E-state index contributed by atoms with van der Waals surface area (Å²) in [7, 11) is 1.98. The minimum absolute atomic E-state index is 0.0684. The van der Waals surface area contributed by atoms with Gasteiger partial charge in [-0.1, -0.05) is 31.4 Å². The topological polar surface area (TPSA) is 52.2 Å². The second kappa shape index (κ2) is 10.1. The van der Waals surface area contributed by atoms with Gasteiger partial charge >= 0.3 is 0 Å². The van der Waals surface area contributed by atoms with E-state index in [-0.39, 0.29) is 5.56 Å². The SMILES string of the molecule is CCCc1cc(F)cc(F)c1C1(/C(C)=C(/C)CC)CCN(c2nc3c(c(=O)[nH]2)CCCN3C)CC1. The number of halogens is 2. The van der Waals surface area contributed by atoms with Gasteiger partial charge in [-0.05, 0) is 64.0 Å². The quantitative estimate of drug-likeness (QED) is 0.537. The first-order valence-electron chi connectivity index (χ1n) is 13.0. The van der Waals surface area contributed by atoms with Gasteiger partial charge in [-0.25, -0.2) is 8.78 Å². The van der Waals surface area contributed by atoms with Crippen LogP contribution in [-0.4, -0.2) is 36.6 Å². The molecule has 2 aliphatic heterocycles. The maximum atomic E-state index is 15.6. The highest BCUT2D eigenvalue weighted by atomic mass is 19.1. The largest absolute Gasteiger partial charge is 0.359 e. The van der Waals surface area contributed by atoms with E-state index in [0.717, 1.165) is 55.2 Å². The summed E-state index contributed by atoms with van der Waals surface area (Å²) in [5.74, 6) is 0.376. The molecule has 0 unspecified atom stereocenters. The van der Waals surface area contributed by atoms with Gasteiger partial charge in [-0.2, -0.15) is 4.98 Å². The van der Waals surface area contributed by atoms with E-state index in [4.69, 9.17) is 4.98 Å². The van der Waals surface area contributed by atoms with Crippen LogP contribution in [0.1, 0.15) is 76.5 Å². The van der Waals surface area contributed by atoms with Crippen molar-refractivity contribution in [2.75, 3.05) is 36.5 Å². The van der Waals surface area contributed by atoms with Crippen molar-refractivity contribution in [1.82, 2.24) is 9.97 Å². The summed E-state index contributed by atoms with van der Waals surface area (Å²) in [5, 5.41) is 0. The highest BCUT2D eigenvalue weighted by Gasteiger charge is 2.42. The Labute approximate surface area is 207 Å². The van der Waals surface area contributed by atoms with E-state index in [1.807, 2.05) is 18.9 Å². The lowest BCUT2D eigenvalue weighted by Crippen LogP contribution is -2.46. The number of aromatic nitrogens is 2.